The van der Waals surface area contributed by atoms with Crippen LogP contribution in [0.4, 0.5) is 0 Å². The number of thioether (sulfide) groups is 1. The van der Waals surface area contributed by atoms with Crippen molar-refractivity contribution in [3.05, 3.63) is 96.3 Å². The molecule has 0 fully saturated rings. The Bertz CT molecular complexity index is 1200. The fraction of sp³-hybridized carbons (Fsp3) is 0.0435. The lowest BCUT2D eigenvalue weighted by molar-refractivity contribution is 0.482. The van der Waals surface area contributed by atoms with E-state index in [1.165, 1.54) is 11.8 Å². The maximum atomic E-state index is 6.15. The summed E-state index contributed by atoms with van der Waals surface area (Å²) in [4.78, 5) is 12.5. The molecule has 0 aliphatic carbocycles. The van der Waals surface area contributed by atoms with E-state index >= 15 is 0 Å². The second-order valence-corrected chi connectivity index (χ2v) is 7.79. The molecule has 0 spiro atoms. The van der Waals surface area contributed by atoms with Gasteiger partial charge in [-0.25, -0.2) is 9.98 Å². The van der Waals surface area contributed by atoms with E-state index in [2.05, 4.69) is 27.1 Å². The number of benzene rings is 3. The number of fused-ring (bicyclic) bond motifs is 1. The molecule has 1 unspecified atom stereocenters. The maximum absolute atomic E-state index is 6.15. The van der Waals surface area contributed by atoms with Gasteiger partial charge in [-0.1, -0.05) is 54.2 Å². The molecule has 0 saturated carbocycles. The Balaban J connectivity index is 1.46. The fourth-order valence-corrected chi connectivity index (χ4v) is 4.13. The van der Waals surface area contributed by atoms with Gasteiger partial charge in [-0.15, -0.1) is 0 Å². The van der Waals surface area contributed by atoms with Crippen molar-refractivity contribution in [2.45, 2.75) is 5.25 Å². The molecule has 29 heavy (non-hydrogen) atoms. The highest BCUT2D eigenvalue weighted by molar-refractivity contribution is 8.14. The summed E-state index contributed by atoms with van der Waals surface area (Å²) >= 11 is 1.51. The molecule has 1 aliphatic rings. The average Bonchev–Trinajstić information content (AvgIpc) is 3.19. The Morgan fingerprint density at radius 3 is 2.55 bits per heavy atom. The van der Waals surface area contributed by atoms with Gasteiger partial charge in [-0.05, 0) is 48.0 Å². The number of rotatable bonds is 4. The van der Waals surface area contributed by atoms with Crippen molar-refractivity contribution >= 4 is 33.7 Å². The molecule has 6 heteroatoms. The van der Waals surface area contributed by atoms with Gasteiger partial charge in [0.25, 0.3) is 0 Å². The van der Waals surface area contributed by atoms with E-state index in [-0.39, 0.29) is 5.25 Å². The van der Waals surface area contributed by atoms with Crippen molar-refractivity contribution in [1.82, 2.24) is 9.97 Å². The van der Waals surface area contributed by atoms with Gasteiger partial charge in [0.1, 0.15) is 17.2 Å². The number of H-pyrrole nitrogens is 1. The van der Waals surface area contributed by atoms with Crippen molar-refractivity contribution in [3.8, 4) is 11.5 Å². The van der Waals surface area contributed by atoms with Crippen LogP contribution >= 0.6 is 11.8 Å². The largest absolute Gasteiger partial charge is 0.457 e. The van der Waals surface area contributed by atoms with Crippen LogP contribution in [0.3, 0.4) is 0 Å². The van der Waals surface area contributed by atoms with Gasteiger partial charge in [0, 0.05) is 0 Å². The fourth-order valence-electron chi connectivity index (χ4n) is 3.24. The van der Waals surface area contributed by atoms with Crippen molar-refractivity contribution in [1.29, 1.82) is 0 Å². The third-order valence-electron chi connectivity index (χ3n) is 4.59. The number of aliphatic imine (C=N–C) groups is 1. The first-order valence-electron chi connectivity index (χ1n) is 9.25. The van der Waals surface area contributed by atoms with E-state index in [4.69, 9.17) is 10.5 Å². The topological polar surface area (TPSA) is 76.3 Å². The lowest BCUT2D eigenvalue weighted by atomic mass is 10.1. The second-order valence-electron chi connectivity index (χ2n) is 6.63. The predicted molar refractivity (Wildman–Crippen MR) is 119 cm³/mol. The molecule has 0 bridgehead atoms. The molecule has 2 heterocycles. The van der Waals surface area contributed by atoms with Crippen LogP contribution in [-0.4, -0.2) is 15.1 Å². The van der Waals surface area contributed by atoms with Crippen LogP contribution in [0.25, 0.3) is 16.7 Å². The number of aromatic amines is 1. The summed E-state index contributed by atoms with van der Waals surface area (Å²) in [6, 6.07) is 25.7. The Kier molecular flexibility index (Phi) is 4.54. The number of imidazole rings is 1. The molecule has 4 aromatic rings. The Morgan fingerprint density at radius 1 is 0.897 bits per heavy atom. The van der Waals surface area contributed by atoms with Crippen molar-refractivity contribution in [2.24, 2.45) is 10.7 Å². The van der Waals surface area contributed by atoms with Crippen LogP contribution in [0, 0.1) is 0 Å². The molecule has 0 saturated heterocycles. The Labute approximate surface area is 172 Å². The van der Waals surface area contributed by atoms with Gasteiger partial charge in [0.2, 0.25) is 0 Å². The first-order valence-corrected chi connectivity index (χ1v) is 10.1. The second kappa shape index (κ2) is 7.48. The molecule has 5 nitrogen and oxygen atoms in total. The highest BCUT2D eigenvalue weighted by Gasteiger charge is 2.21. The third-order valence-corrected chi connectivity index (χ3v) is 5.58. The van der Waals surface area contributed by atoms with Crippen LogP contribution < -0.4 is 10.5 Å². The number of nitrogens with two attached hydrogens (primary N) is 1. The SMILES string of the molecule is NC1=NC(c2nc3ccccc3[nH]2)=CC(c2cccc(Oc3ccccc3)c2)S1. The van der Waals surface area contributed by atoms with Gasteiger partial charge in [0.15, 0.2) is 11.0 Å². The molecule has 3 N–H and O–H groups in total. The molecule has 1 aromatic heterocycles. The summed E-state index contributed by atoms with van der Waals surface area (Å²) in [5, 5.41) is 0.539. The highest BCUT2D eigenvalue weighted by Crippen LogP contribution is 2.38. The third kappa shape index (κ3) is 3.75. The number of amidine groups is 1. The number of hydrogen-bond acceptors (Lipinski definition) is 5. The molecule has 3 aromatic carbocycles. The van der Waals surface area contributed by atoms with Crippen molar-refractivity contribution in [3.63, 3.8) is 0 Å². The number of ether oxygens (including phenoxy) is 1. The standard InChI is InChI=1S/C23H18N4OS/c24-23-27-20(22-25-18-11-4-5-12-19(18)26-22)14-21(29-23)15-7-6-10-17(13-15)28-16-8-2-1-3-9-16/h1-14,21H,(H2,24,27)(H,25,26). The van der Waals surface area contributed by atoms with Gasteiger partial charge in [-0.3, -0.25) is 0 Å². The molecule has 1 atom stereocenters. The molecule has 0 radical (unpaired) electrons. The predicted octanol–water partition coefficient (Wildman–Crippen LogP) is 5.50. The van der Waals surface area contributed by atoms with E-state index in [9.17, 15) is 0 Å². The zero-order valence-corrected chi connectivity index (χ0v) is 16.3. The van der Waals surface area contributed by atoms with E-state index in [1.54, 1.807) is 0 Å². The van der Waals surface area contributed by atoms with Gasteiger partial charge < -0.3 is 15.5 Å². The molecule has 5 rings (SSSR count). The van der Waals surface area contributed by atoms with Crippen LogP contribution in [0.2, 0.25) is 0 Å². The number of para-hydroxylation sites is 3. The summed E-state index contributed by atoms with van der Waals surface area (Å²) in [5.74, 6) is 2.31. The Hall–Kier alpha value is -3.51. The summed E-state index contributed by atoms with van der Waals surface area (Å²) in [6.07, 6.45) is 2.08. The molecule has 142 valence electrons. The first kappa shape index (κ1) is 17.6. The van der Waals surface area contributed by atoms with Crippen LogP contribution in [0.15, 0.2) is 89.9 Å². The van der Waals surface area contributed by atoms with Crippen LogP contribution in [0.5, 0.6) is 11.5 Å². The normalized spacial score (nSPS) is 16.3. The lowest BCUT2D eigenvalue weighted by Crippen LogP contribution is -2.13. The lowest BCUT2D eigenvalue weighted by Gasteiger charge is -2.18. The maximum Gasteiger partial charge on any atom is 0.160 e. The minimum absolute atomic E-state index is 0.0232. The molecular formula is C23H18N4OS. The molecule has 0 amide bonds. The van der Waals surface area contributed by atoms with E-state index < -0.39 is 0 Å². The van der Waals surface area contributed by atoms with Crippen LogP contribution in [0.1, 0.15) is 16.6 Å². The van der Waals surface area contributed by atoms with E-state index in [1.807, 2.05) is 72.8 Å². The van der Waals surface area contributed by atoms with Crippen LogP contribution in [-0.2, 0) is 0 Å². The first-order chi connectivity index (χ1) is 14.2. The van der Waals surface area contributed by atoms with E-state index in [0.29, 0.717) is 5.17 Å². The number of nitrogens with one attached hydrogen (secondary N) is 1. The summed E-state index contributed by atoms with van der Waals surface area (Å²) in [7, 11) is 0. The van der Waals surface area contributed by atoms with Crippen molar-refractivity contribution < 1.29 is 4.74 Å². The number of hydrogen-bond donors (Lipinski definition) is 2. The van der Waals surface area contributed by atoms with E-state index in [0.717, 1.165) is 39.6 Å². The minimum Gasteiger partial charge on any atom is -0.457 e. The van der Waals surface area contributed by atoms with Gasteiger partial charge >= 0.3 is 0 Å². The molecule has 1 aliphatic heterocycles. The number of nitrogens with zero attached hydrogens (tertiary/aromatic N) is 2. The monoisotopic (exact) mass is 398 g/mol. The zero-order chi connectivity index (χ0) is 19.6. The van der Waals surface area contributed by atoms with Gasteiger partial charge in [0.05, 0.1) is 16.3 Å². The molecular weight excluding hydrogens is 380 g/mol. The Morgan fingerprint density at radius 2 is 1.69 bits per heavy atom. The smallest absolute Gasteiger partial charge is 0.160 e. The summed E-state index contributed by atoms with van der Waals surface area (Å²) < 4.78 is 5.98. The summed E-state index contributed by atoms with van der Waals surface area (Å²) in [6.45, 7) is 0. The quantitative estimate of drug-likeness (QED) is 0.476. The minimum atomic E-state index is 0.0232. The zero-order valence-electron chi connectivity index (χ0n) is 15.4. The highest BCUT2D eigenvalue weighted by atomic mass is 32.2. The average molecular weight is 398 g/mol. The number of aromatic nitrogens is 2. The summed E-state index contributed by atoms with van der Waals surface area (Å²) in [5.41, 5.74) is 9.87. The van der Waals surface area contributed by atoms with Gasteiger partial charge in [-0.2, -0.15) is 0 Å². The van der Waals surface area contributed by atoms with Crippen molar-refractivity contribution in [2.75, 3.05) is 0 Å².